The third-order valence-corrected chi connectivity index (χ3v) is 2.66. The van der Waals surface area contributed by atoms with Crippen molar-refractivity contribution in [2.75, 3.05) is 5.32 Å². The zero-order chi connectivity index (χ0) is 12.8. The highest BCUT2D eigenvalue weighted by Gasteiger charge is 2.07. The van der Waals surface area contributed by atoms with Crippen LogP contribution in [0.2, 0.25) is 5.02 Å². The largest absolute Gasteiger partial charge is 0.335 e. The molecule has 1 unspecified atom stereocenters. The molecule has 0 aliphatic carbocycles. The summed E-state index contributed by atoms with van der Waals surface area (Å²) in [5, 5.41) is 14.6. The third kappa shape index (κ3) is 3.97. The molecular weight excluding hydrogens is 238 g/mol. The van der Waals surface area contributed by atoms with E-state index in [1.165, 1.54) is 0 Å². The molecule has 17 heavy (non-hydrogen) atoms. The minimum absolute atomic E-state index is 0.109. The monoisotopic (exact) mass is 251 g/mol. The van der Waals surface area contributed by atoms with Gasteiger partial charge in [0.1, 0.15) is 6.07 Å². The van der Waals surface area contributed by atoms with E-state index in [1.54, 1.807) is 18.2 Å². The van der Waals surface area contributed by atoms with E-state index in [2.05, 4.69) is 10.6 Å². The summed E-state index contributed by atoms with van der Waals surface area (Å²) in [5.74, 6) is 0. The van der Waals surface area contributed by atoms with E-state index in [4.69, 9.17) is 16.9 Å². The van der Waals surface area contributed by atoms with Crippen LogP contribution in [0.4, 0.5) is 10.5 Å². The molecule has 2 amide bonds. The van der Waals surface area contributed by atoms with Crippen LogP contribution in [0.15, 0.2) is 18.2 Å². The molecule has 0 radical (unpaired) electrons. The first-order valence-corrected chi connectivity index (χ1v) is 5.71. The molecule has 0 heterocycles. The first-order valence-electron chi connectivity index (χ1n) is 5.34. The fourth-order valence-electron chi connectivity index (χ4n) is 1.18. The van der Waals surface area contributed by atoms with Crippen molar-refractivity contribution in [3.05, 3.63) is 28.8 Å². The van der Waals surface area contributed by atoms with Crippen LogP contribution in [0, 0.1) is 11.3 Å². The van der Waals surface area contributed by atoms with Crippen LogP contribution in [-0.2, 0) is 0 Å². The number of hydrogen-bond donors (Lipinski definition) is 2. The second-order valence-corrected chi connectivity index (χ2v) is 4.12. The molecule has 4 nitrogen and oxygen atoms in total. The summed E-state index contributed by atoms with van der Waals surface area (Å²) in [7, 11) is 0. The molecule has 0 spiro atoms. The molecule has 0 aliphatic rings. The molecule has 90 valence electrons. The van der Waals surface area contributed by atoms with Gasteiger partial charge in [-0.2, -0.15) is 5.26 Å². The normalized spacial score (nSPS) is 11.4. The van der Waals surface area contributed by atoms with Crippen LogP contribution in [0.3, 0.4) is 0 Å². The SMILES string of the molecule is CCC(C)NC(=O)Nc1ccc(Cl)c(C#N)c1. The Labute approximate surface area is 106 Å². The van der Waals surface area contributed by atoms with E-state index in [9.17, 15) is 4.79 Å². The topological polar surface area (TPSA) is 64.9 Å². The van der Waals surface area contributed by atoms with Crippen molar-refractivity contribution < 1.29 is 4.79 Å². The van der Waals surface area contributed by atoms with E-state index in [0.717, 1.165) is 6.42 Å². The molecule has 0 saturated heterocycles. The van der Waals surface area contributed by atoms with Crippen LogP contribution >= 0.6 is 11.6 Å². The Kier molecular flexibility index (Phi) is 4.80. The van der Waals surface area contributed by atoms with Crippen molar-refractivity contribution in [1.29, 1.82) is 5.26 Å². The summed E-state index contributed by atoms with van der Waals surface area (Å²) >= 11 is 5.79. The van der Waals surface area contributed by atoms with Gasteiger partial charge in [-0.1, -0.05) is 18.5 Å². The first-order chi connectivity index (χ1) is 8.06. The molecule has 1 aromatic carbocycles. The number of urea groups is 1. The zero-order valence-corrected chi connectivity index (χ0v) is 10.5. The zero-order valence-electron chi connectivity index (χ0n) is 9.75. The Morgan fingerprint density at radius 3 is 2.88 bits per heavy atom. The van der Waals surface area contributed by atoms with E-state index in [-0.39, 0.29) is 12.1 Å². The highest BCUT2D eigenvalue weighted by atomic mass is 35.5. The van der Waals surface area contributed by atoms with Crippen molar-refractivity contribution in [2.45, 2.75) is 26.3 Å². The molecule has 0 bridgehead atoms. The van der Waals surface area contributed by atoms with Crippen molar-refractivity contribution >= 4 is 23.3 Å². The Morgan fingerprint density at radius 1 is 1.59 bits per heavy atom. The molecule has 0 fully saturated rings. The fraction of sp³-hybridized carbons (Fsp3) is 0.333. The summed E-state index contributed by atoms with van der Waals surface area (Å²) < 4.78 is 0. The number of nitrogens with zero attached hydrogens (tertiary/aromatic N) is 1. The lowest BCUT2D eigenvalue weighted by Crippen LogP contribution is -2.35. The average Bonchev–Trinajstić information content (AvgIpc) is 2.31. The lowest BCUT2D eigenvalue weighted by Gasteiger charge is -2.12. The van der Waals surface area contributed by atoms with Gasteiger partial charge in [-0.3, -0.25) is 0 Å². The molecule has 5 heteroatoms. The van der Waals surface area contributed by atoms with Gasteiger partial charge in [-0.25, -0.2) is 4.79 Å². The Bertz CT molecular complexity index is 454. The molecule has 0 saturated carbocycles. The molecule has 1 atom stereocenters. The maximum Gasteiger partial charge on any atom is 0.319 e. The summed E-state index contributed by atoms with van der Waals surface area (Å²) in [6, 6.07) is 6.55. The van der Waals surface area contributed by atoms with Crippen molar-refractivity contribution in [3.8, 4) is 6.07 Å². The predicted octanol–water partition coefficient (Wildman–Crippen LogP) is 3.13. The summed E-state index contributed by atoms with van der Waals surface area (Å²) in [4.78, 5) is 11.5. The smallest absolute Gasteiger partial charge is 0.319 e. The van der Waals surface area contributed by atoms with Gasteiger partial charge in [0, 0.05) is 11.7 Å². The average molecular weight is 252 g/mol. The highest BCUT2D eigenvalue weighted by molar-refractivity contribution is 6.31. The molecule has 1 rings (SSSR count). The minimum atomic E-state index is -0.287. The number of benzene rings is 1. The number of carbonyl (C=O) groups is 1. The number of amides is 2. The minimum Gasteiger partial charge on any atom is -0.335 e. The third-order valence-electron chi connectivity index (χ3n) is 2.33. The van der Waals surface area contributed by atoms with Gasteiger partial charge >= 0.3 is 6.03 Å². The van der Waals surface area contributed by atoms with Gasteiger partial charge in [-0.15, -0.1) is 0 Å². The van der Waals surface area contributed by atoms with E-state index in [1.807, 2.05) is 19.9 Å². The molecule has 2 N–H and O–H groups in total. The second-order valence-electron chi connectivity index (χ2n) is 3.71. The van der Waals surface area contributed by atoms with E-state index in [0.29, 0.717) is 16.3 Å². The number of rotatable bonds is 3. The fourth-order valence-corrected chi connectivity index (χ4v) is 1.34. The molecular formula is C12H14ClN3O. The summed E-state index contributed by atoms with van der Waals surface area (Å²) in [5.41, 5.74) is 0.889. The van der Waals surface area contributed by atoms with Crippen LogP contribution in [0.5, 0.6) is 0 Å². The molecule has 0 aliphatic heterocycles. The van der Waals surface area contributed by atoms with Crippen LogP contribution in [0.25, 0.3) is 0 Å². The molecule has 1 aromatic rings. The number of nitrogens with one attached hydrogen (secondary N) is 2. The summed E-state index contributed by atoms with van der Waals surface area (Å²) in [6.45, 7) is 3.91. The maximum atomic E-state index is 11.5. The van der Waals surface area contributed by atoms with Gasteiger partial charge in [-0.05, 0) is 31.5 Å². The number of carbonyl (C=O) groups excluding carboxylic acids is 1. The van der Waals surface area contributed by atoms with Gasteiger partial charge in [0.05, 0.1) is 10.6 Å². The Morgan fingerprint density at radius 2 is 2.29 bits per heavy atom. The summed E-state index contributed by atoms with van der Waals surface area (Å²) in [6.07, 6.45) is 0.859. The van der Waals surface area contributed by atoms with E-state index >= 15 is 0 Å². The molecule has 0 aromatic heterocycles. The number of anilines is 1. The number of halogens is 1. The Hall–Kier alpha value is -1.73. The number of nitriles is 1. The van der Waals surface area contributed by atoms with Crippen LogP contribution in [0.1, 0.15) is 25.8 Å². The first kappa shape index (κ1) is 13.3. The van der Waals surface area contributed by atoms with Gasteiger partial charge in [0.25, 0.3) is 0 Å². The van der Waals surface area contributed by atoms with Crippen LogP contribution < -0.4 is 10.6 Å². The highest BCUT2D eigenvalue weighted by Crippen LogP contribution is 2.19. The van der Waals surface area contributed by atoms with Gasteiger partial charge in [0.15, 0.2) is 0 Å². The lowest BCUT2D eigenvalue weighted by molar-refractivity contribution is 0.249. The van der Waals surface area contributed by atoms with Gasteiger partial charge in [0.2, 0.25) is 0 Å². The second kappa shape index (κ2) is 6.12. The maximum absolute atomic E-state index is 11.5. The predicted molar refractivity (Wildman–Crippen MR) is 68.1 cm³/mol. The van der Waals surface area contributed by atoms with Crippen LogP contribution in [-0.4, -0.2) is 12.1 Å². The lowest BCUT2D eigenvalue weighted by atomic mass is 10.2. The standard InChI is InChI=1S/C12H14ClN3O/c1-3-8(2)15-12(17)16-10-4-5-11(13)9(6-10)7-14/h4-6,8H,3H2,1-2H3,(H2,15,16,17). The van der Waals surface area contributed by atoms with Crippen molar-refractivity contribution in [1.82, 2.24) is 5.32 Å². The van der Waals surface area contributed by atoms with Crippen molar-refractivity contribution in [3.63, 3.8) is 0 Å². The Balaban J connectivity index is 2.69. The van der Waals surface area contributed by atoms with Crippen molar-refractivity contribution in [2.24, 2.45) is 0 Å². The van der Waals surface area contributed by atoms with E-state index < -0.39 is 0 Å². The van der Waals surface area contributed by atoms with Gasteiger partial charge < -0.3 is 10.6 Å². The quantitative estimate of drug-likeness (QED) is 0.867. The number of hydrogen-bond acceptors (Lipinski definition) is 2.